The van der Waals surface area contributed by atoms with Crippen molar-refractivity contribution in [2.75, 3.05) is 36.6 Å². The molecule has 2 heteroatoms. The van der Waals surface area contributed by atoms with Crippen LogP contribution < -0.4 is 5.32 Å². The van der Waals surface area contributed by atoms with Crippen molar-refractivity contribution in [3.05, 3.63) is 0 Å². The van der Waals surface area contributed by atoms with E-state index >= 15 is 0 Å². The summed E-state index contributed by atoms with van der Waals surface area (Å²) < 4.78 is 0. The number of rotatable bonds is 7. The number of hydrogen-bond donors (Lipinski definition) is 1. The van der Waals surface area contributed by atoms with E-state index < -0.39 is 8.29 Å². The maximum Gasteiger partial charge on any atom is -0.00167 e. The van der Waals surface area contributed by atoms with Crippen LogP contribution in [-0.2, 0) is 0 Å². The second-order valence-electron chi connectivity index (χ2n) is 7.23. The van der Waals surface area contributed by atoms with Gasteiger partial charge in [-0.25, -0.2) is 0 Å². The Labute approximate surface area is 100 Å². The van der Waals surface area contributed by atoms with Crippen LogP contribution in [0.15, 0.2) is 0 Å². The molecule has 3 aliphatic rings. The first-order valence-corrected chi connectivity index (χ1v) is 10.5. The molecule has 3 saturated heterocycles. The lowest BCUT2D eigenvalue weighted by atomic mass is 10.1. The fraction of sp³-hybridized carbons (Fsp3) is 1.00. The first-order chi connectivity index (χ1) is 7.61. The summed E-state index contributed by atoms with van der Waals surface area (Å²) in [6.45, 7) is 6.07. The average molecular weight is 243 g/mol. The van der Waals surface area contributed by atoms with Gasteiger partial charge in [0, 0.05) is 0 Å². The van der Waals surface area contributed by atoms with Gasteiger partial charge in [0.25, 0.3) is 0 Å². The van der Waals surface area contributed by atoms with E-state index in [0.717, 1.165) is 5.92 Å². The minimum atomic E-state index is -1.20. The molecule has 0 radical (unpaired) electrons. The Hall–Kier alpha value is 0.310. The van der Waals surface area contributed by atoms with Crippen molar-refractivity contribution < 1.29 is 0 Å². The van der Waals surface area contributed by atoms with E-state index in [0.29, 0.717) is 0 Å². The Morgan fingerprint density at radius 2 is 1.94 bits per heavy atom. The molecule has 1 nitrogen and oxygen atoms in total. The van der Waals surface area contributed by atoms with Crippen LogP contribution in [0.3, 0.4) is 0 Å². The first kappa shape index (κ1) is 11.4. The normalized spacial score (nSPS) is 44.4. The summed E-state index contributed by atoms with van der Waals surface area (Å²) in [4.78, 5) is 0. The van der Waals surface area contributed by atoms with Gasteiger partial charge < -0.3 is 5.32 Å². The Morgan fingerprint density at radius 1 is 1.25 bits per heavy atom. The van der Waals surface area contributed by atoms with Crippen molar-refractivity contribution >= 4 is 8.29 Å². The van der Waals surface area contributed by atoms with Gasteiger partial charge in [0.2, 0.25) is 0 Å². The van der Waals surface area contributed by atoms with E-state index in [9.17, 15) is 0 Å². The smallest absolute Gasteiger partial charge is 0.00167 e. The summed E-state index contributed by atoms with van der Waals surface area (Å²) in [7, 11) is 0.926. The summed E-state index contributed by atoms with van der Waals surface area (Å²) in [6, 6.07) is 0. The number of nitrogens with one attached hydrogen (secondary N) is 1. The van der Waals surface area contributed by atoms with Crippen molar-refractivity contribution in [3.63, 3.8) is 0 Å². The SMILES string of the molecule is CCCC(CNC)CS123(CC1CC)CC2C3. The fourth-order valence-corrected chi connectivity index (χ4v) is 17.8. The molecule has 0 aromatic heterocycles. The Bertz CT molecular complexity index is 326. The molecule has 3 aliphatic heterocycles. The monoisotopic (exact) mass is 243 g/mol. The maximum atomic E-state index is 3.44. The van der Waals surface area contributed by atoms with E-state index in [4.69, 9.17) is 0 Å². The van der Waals surface area contributed by atoms with Crippen LogP contribution in [0.2, 0.25) is 0 Å². The third-order valence-corrected chi connectivity index (χ3v) is 16.7. The zero-order valence-electron chi connectivity index (χ0n) is 11.3. The van der Waals surface area contributed by atoms with E-state index in [-0.39, 0.29) is 0 Å². The quantitative estimate of drug-likeness (QED) is 0.678. The third kappa shape index (κ3) is 1.00. The molecule has 0 bridgehead atoms. The van der Waals surface area contributed by atoms with Crippen LogP contribution in [0, 0.1) is 5.92 Å². The topological polar surface area (TPSA) is 12.0 Å². The molecule has 3 rings (SSSR count). The van der Waals surface area contributed by atoms with Gasteiger partial charge in [-0.2, -0.15) is 0 Å². The highest BCUT2D eigenvalue weighted by Crippen LogP contribution is 3.28. The van der Waals surface area contributed by atoms with Crippen molar-refractivity contribution in [2.45, 2.75) is 43.6 Å². The van der Waals surface area contributed by atoms with Gasteiger partial charge in [-0.05, 0) is 65.9 Å². The maximum absolute atomic E-state index is 3.44. The van der Waals surface area contributed by atoms with Crippen molar-refractivity contribution in [1.29, 1.82) is 0 Å². The fourth-order valence-electron chi connectivity index (χ4n) is 5.35. The molecule has 16 heavy (non-hydrogen) atoms. The predicted molar refractivity (Wildman–Crippen MR) is 77.3 cm³/mol. The van der Waals surface area contributed by atoms with Crippen molar-refractivity contribution in [1.82, 2.24) is 5.32 Å². The summed E-state index contributed by atoms with van der Waals surface area (Å²) >= 11 is 0. The second-order valence-corrected chi connectivity index (χ2v) is 15.3. The summed E-state index contributed by atoms with van der Waals surface area (Å²) in [5.41, 5.74) is 0. The molecular formula is C14H29NS. The summed E-state index contributed by atoms with van der Waals surface area (Å²) in [5.74, 6) is 7.84. The minimum absolute atomic E-state index is 1.00. The molecule has 0 saturated carbocycles. The first-order valence-electron chi connectivity index (χ1n) is 7.25. The molecule has 2 unspecified atom stereocenters. The van der Waals surface area contributed by atoms with Crippen LogP contribution in [0.25, 0.3) is 0 Å². The van der Waals surface area contributed by atoms with Gasteiger partial charge in [0.15, 0.2) is 0 Å². The zero-order valence-corrected chi connectivity index (χ0v) is 12.1. The molecule has 0 aromatic carbocycles. The van der Waals surface area contributed by atoms with Crippen LogP contribution in [-0.4, -0.2) is 47.1 Å². The van der Waals surface area contributed by atoms with Crippen molar-refractivity contribution in [2.24, 2.45) is 5.92 Å². The largest absolute Gasteiger partial charge is 0.319 e. The molecule has 1 N–H and O–H groups in total. The molecule has 0 amide bonds. The molecule has 3 heterocycles. The predicted octanol–water partition coefficient (Wildman–Crippen LogP) is 2.69. The van der Waals surface area contributed by atoms with E-state index in [1.54, 1.807) is 23.0 Å². The number of hydrogen-bond acceptors (Lipinski definition) is 1. The summed E-state index contributed by atoms with van der Waals surface area (Å²) in [5, 5.41) is 5.94. The van der Waals surface area contributed by atoms with E-state index in [2.05, 4.69) is 26.2 Å². The van der Waals surface area contributed by atoms with Crippen LogP contribution in [0.5, 0.6) is 0 Å². The van der Waals surface area contributed by atoms with Crippen LogP contribution in [0.1, 0.15) is 33.1 Å². The van der Waals surface area contributed by atoms with Crippen molar-refractivity contribution in [3.8, 4) is 0 Å². The van der Waals surface area contributed by atoms with Crippen LogP contribution >= 0.6 is 8.29 Å². The molecule has 0 aromatic rings. The molecule has 1 spiro atoms. The standard InChI is InChI=1S/C14H29NS/c1-4-6-12(7-15-3)8-16(9-13(16)5-2)10-14(16)11-16/h12-15H,4-11H2,1-3H3. The highest BCUT2D eigenvalue weighted by molar-refractivity contribution is 8.80. The van der Waals surface area contributed by atoms with Gasteiger partial charge >= 0.3 is 0 Å². The molecule has 96 valence electrons. The lowest BCUT2D eigenvalue weighted by molar-refractivity contribution is 0.504. The highest BCUT2D eigenvalue weighted by atomic mass is 32.4. The van der Waals surface area contributed by atoms with E-state index in [1.165, 1.54) is 36.3 Å². The third-order valence-electron chi connectivity index (χ3n) is 6.55. The lowest BCUT2D eigenvalue weighted by Gasteiger charge is -2.40. The van der Waals surface area contributed by atoms with Crippen LogP contribution in [0.4, 0.5) is 0 Å². The van der Waals surface area contributed by atoms with Gasteiger partial charge in [0.1, 0.15) is 0 Å². The second kappa shape index (κ2) is 2.83. The molecule has 3 fully saturated rings. The Balaban J connectivity index is 1.71. The lowest BCUT2D eigenvalue weighted by Crippen LogP contribution is -2.25. The van der Waals surface area contributed by atoms with Gasteiger partial charge in [0.05, 0.1) is 0 Å². The Kier molecular flexibility index (Phi) is 2.01. The summed E-state index contributed by atoms with van der Waals surface area (Å²) in [6.07, 6.45) is 4.34. The van der Waals surface area contributed by atoms with Gasteiger partial charge in [-0.15, -0.1) is 0 Å². The molecule has 2 atom stereocenters. The van der Waals surface area contributed by atoms with Gasteiger partial charge in [-0.1, -0.05) is 20.3 Å². The molecular weight excluding hydrogens is 214 g/mol. The highest BCUT2D eigenvalue weighted by Gasteiger charge is 3.02. The van der Waals surface area contributed by atoms with Gasteiger partial charge in [-0.3, -0.25) is 8.29 Å². The van der Waals surface area contributed by atoms with E-state index in [1.807, 2.05) is 0 Å². The zero-order chi connectivity index (χ0) is 11.5. The molecule has 0 aliphatic carbocycles. The minimum Gasteiger partial charge on any atom is -0.319 e. The average Bonchev–Trinajstić information content (AvgIpc) is 3.10. The Morgan fingerprint density at radius 3 is 2.31 bits per heavy atom.